The minimum Gasteiger partial charge on any atom is -0.395 e. The maximum absolute atomic E-state index is 9.82. The van der Waals surface area contributed by atoms with Crippen LogP contribution in [0.4, 0.5) is 0 Å². The molecule has 1 aromatic heterocycles. The Morgan fingerprint density at radius 3 is 2.83 bits per heavy atom. The van der Waals surface area contributed by atoms with Gasteiger partial charge in [0, 0.05) is 16.2 Å². The Balaban J connectivity index is 2.41. The topological polar surface area (TPSA) is 32.3 Å². The Bertz CT molecular complexity index is 522. The molecule has 98 valence electrons. The lowest BCUT2D eigenvalue weighted by molar-refractivity contribution is 0.172. The molecule has 18 heavy (non-hydrogen) atoms. The number of fused-ring (bicyclic) bond motifs is 1. The number of hydrogen-bond acceptors (Lipinski definition) is 3. The van der Waals surface area contributed by atoms with Gasteiger partial charge in [0.15, 0.2) is 0 Å². The van der Waals surface area contributed by atoms with E-state index >= 15 is 0 Å². The van der Waals surface area contributed by atoms with Crippen LogP contribution >= 0.6 is 11.3 Å². The van der Waals surface area contributed by atoms with Gasteiger partial charge in [0.1, 0.15) is 0 Å². The van der Waals surface area contributed by atoms with E-state index in [-0.39, 0.29) is 18.1 Å². The minimum absolute atomic E-state index is 0.150. The van der Waals surface area contributed by atoms with Crippen molar-refractivity contribution < 1.29 is 5.11 Å². The van der Waals surface area contributed by atoms with Gasteiger partial charge in [-0.3, -0.25) is 0 Å². The fourth-order valence-electron chi connectivity index (χ4n) is 2.33. The highest BCUT2D eigenvalue weighted by Gasteiger charge is 2.32. The molecular formula is C15H21NOS. The maximum Gasteiger partial charge on any atom is 0.0540 e. The third-order valence-electron chi connectivity index (χ3n) is 3.91. The van der Waals surface area contributed by atoms with E-state index in [4.69, 9.17) is 0 Å². The summed E-state index contributed by atoms with van der Waals surface area (Å²) >= 11 is 1.75. The molecule has 3 heteroatoms. The van der Waals surface area contributed by atoms with E-state index in [2.05, 4.69) is 55.7 Å². The zero-order chi connectivity index (χ0) is 13.2. The van der Waals surface area contributed by atoms with E-state index in [1.54, 1.807) is 11.3 Å². The second-order valence-electron chi connectivity index (χ2n) is 5.03. The maximum atomic E-state index is 9.82. The van der Waals surface area contributed by atoms with Crippen molar-refractivity contribution in [2.24, 2.45) is 0 Å². The van der Waals surface area contributed by atoms with Crippen molar-refractivity contribution in [3.63, 3.8) is 0 Å². The molecule has 2 unspecified atom stereocenters. The van der Waals surface area contributed by atoms with Crippen molar-refractivity contribution >= 4 is 21.4 Å². The summed E-state index contributed by atoms with van der Waals surface area (Å²) in [6, 6.07) is 8.88. The molecule has 2 aromatic rings. The van der Waals surface area contributed by atoms with Gasteiger partial charge in [-0.25, -0.2) is 0 Å². The van der Waals surface area contributed by atoms with Crippen LogP contribution in [0.5, 0.6) is 0 Å². The molecule has 0 fully saturated rings. The molecule has 0 amide bonds. The van der Waals surface area contributed by atoms with Crippen LogP contribution in [0.15, 0.2) is 29.6 Å². The van der Waals surface area contributed by atoms with E-state index in [1.807, 2.05) is 0 Å². The van der Waals surface area contributed by atoms with Crippen LogP contribution in [0, 0.1) is 0 Å². The quantitative estimate of drug-likeness (QED) is 0.868. The number of rotatable bonds is 5. The second-order valence-corrected chi connectivity index (χ2v) is 5.98. The van der Waals surface area contributed by atoms with Gasteiger partial charge in [0.05, 0.1) is 6.61 Å². The molecule has 0 aliphatic rings. The molecule has 2 nitrogen and oxygen atoms in total. The third kappa shape index (κ3) is 2.30. The van der Waals surface area contributed by atoms with Crippen molar-refractivity contribution in [2.45, 2.75) is 32.2 Å². The summed E-state index contributed by atoms with van der Waals surface area (Å²) in [5.74, 6) is 0. The average Bonchev–Trinajstić information content (AvgIpc) is 2.85. The van der Waals surface area contributed by atoms with E-state index in [0.717, 1.165) is 6.54 Å². The van der Waals surface area contributed by atoms with Gasteiger partial charge in [-0.15, -0.1) is 11.3 Å². The lowest BCUT2D eigenvalue weighted by Gasteiger charge is -2.35. The number of thiophene rings is 1. The summed E-state index contributed by atoms with van der Waals surface area (Å²) in [4.78, 5) is 0. The van der Waals surface area contributed by atoms with E-state index in [1.165, 1.54) is 15.6 Å². The third-order valence-corrected chi connectivity index (χ3v) is 4.80. The summed E-state index contributed by atoms with van der Waals surface area (Å²) in [5, 5.41) is 16.6. The number of likely N-dealkylation sites (N-methyl/N-ethyl adjacent to an activating group) is 1. The zero-order valence-corrected chi connectivity index (χ0v) is 12.1. The Kier molecular flexibility index (Phi) is 4.05. The predicted molar refractivity (Wildman–Crippen MR) is 79.4 cm³/mol. The van der Waals surface area contributed by atoms with Gasteiger partial charge < -0.3 is 10.4 Å². The first-order valence-electron chi connectivity index (χ1n) is 6.44. The molecule has 2 rings (SSSR count). The first-order valence-corrected chi connectivity index (χ1v) is 7.31. The summed E-state index contributed by atoms with van der Waals surface area (Å²) in [6.07, 6.45) is 0. The van der Waals surface area contributed by atoms with E-state index in [9.17, 15) is 5.11 Å². The van der Waals surface area contributed by atoms with Crippen LogP contribution in [-0.4, -0.2) is 24.3 Å². The Morgan fingerprint density at radius 1 is 1.39 bits per heavy atom. The van der Waals surface area contributed by atoms with Crippen LogP contribution in [0.2, 0.25) is 0 Å². The number of hydrogen-bond donors (Lipinski definition) is 2. The lowest BCUT2D eigenvalue weighted by Crippen LogP contribution is -2.47. The smallest absolute Gasteiger partial charge is 0.0540 e. The zero-order valence-electron chi connectivity index (χ0n) is 11.2. The van der Waals surface area contributed by atoms with Crippen LogP contribution in [0.3, 0.4) is 0 Å². The summed E-state index contributed by atoms with van der Waals surface area (Å²) < 4.78 is 1.30. The monoisotopic (exact) mass is 263 g/mol. The number of aliphatic hydroxyl groups excluding tert-OH is 1. The van der Waals surface area contributed by atoms with Gasteiger partial charge in [-0.05, 0) is 48.0 Å². The van der Waals surface area contributed by atoms with Gasteiger partial charge in [-0.2, -0.15) is 0 Å². The van der Waals surface area contributed by atoms with Crippen molar-refractivity contribution in [1.82, 2.24) is 5.32 Å². The first-order chi connectivity index (χ1) is 8.61. The normalized spacial score (nSPS) is 16.7. The molecule has 0 aliphatic heterocycles. The lowest BCUT2D eigenvalue weighted by atomic mass is 9.77. The summed E-state index contributed by atoms with van der Waals surface area (Å²) in [6.45, 7) is 7.41. The van der Waals surface area contributed by atoms with Gasteiger partial charge in [0.25, 0.3) is 0 Å². The Morgan fingerprint density at radius 2 is 2.17 bits per heavy atom. The van der Waals surface area contributed by atoms with Crippen LogP contribution in [0.25, 0.3) is 10.1 Å². The molecule has 2 N–H and O–H groups in total. The Hall–Kier alpha value is -0.900. The molecule has 0 saturated heterocycles. The van der Waals surface area contributed by atoms with Crippen molar-refractivity contribution in [1.29, 1.82) is 0 Å². The van der Waals surface area contributed by atoms with Gasteiger partial charge >= 0.3 is 0 Å². The highest BCUT2D eigenvalue weighted by molar-refractivity contribution is 7.17. The first kappa shape index (κ1) is 13.5. The van der Waals surface area contributed by atoms with Gasteiger partial charge in [-0.1, -0.05) is 19.9 Å². The molecule has 0 aliphatic carbocycles. The molecule has 2 atom stereocenters. The van der Waals surface area contributed by atoms with Crippen molar-refractivity contribution in [3.05, 3.63) is 35.2 Å². The number of benzene rings is 1. The second kappa shape index (κ2) is 5.39. The standard InChI is InChI=1S/C15H21NOS/c1-4-16-11(2)15(3,10-17)13-5-6-14-12(9-13)7-8-18-14/h5-9,11,16-17H,4,10H2,1-3H3. The van der Waals surface area contributed by atoms with Crippen LogP contribution < -0.4 is 5.32 Å². The average molecular weight is 263 g/mol. The Labute approximate surface area is 113 Å². The van der Waals surface area contributed by atoms with Crippen LogP contribution in [0.1, 0.15) is 26.3 Å². The number of nitrogens with one attached hydrogen (secondary N) is 1. The fraction of sp³-hybridized carbons (Fsp3) is 0.467. The molecule has 0 spiro atoms. The summed E-state index contributed by atoms with van der Waals surface area (Å²) in [5.41, 5.74) is 0.955. The molecule has 0 bridgehead atoms. The predicted octanol–water partition coefficient (Wildman–Crippen LogP) is 3.15. The molecule has 1 heterocycles. The highest BCUT2D eigenvalue weighted by atomic mass is 32.1. The van der Waals surface area contributed by atoms with E-state index < -0.39 is 0 Å². The number of aliphatic hydroxyl groups is 1. The summed E-state index contributed by atoms with van der Waals surface area (Å²) in [7, 11) is 0. The minimum atomic E-state index is -0.244. The molecular weight excluding hydrogens is 242 g/mol. The SMILES string of the molecule is CCNC(C)C(C)(CO)c1ccc2sccc2c1. The van der Waals surface area contributed by atoms with Crippen molar-refractivity contribution in [2.75, 3.05) is 13.2 Å². The highest BCUT2D eigenvalue weighted by Crippen LogP contribution is 2.31. The van der Waals surface area contributed by atoms with Gasteiger partial charge in [0.2, 0.25) is 0 Å². The molecule has 1 aromatic carbocycles. The largest absolute Gasteiger partial charge is 0.395 e. The van der Waals surface area contributed by atoms with Crippen molar-refractivity contribution in [3.8, 4) is 0 Å². The molecule has 0 saturated carbocycles. The molecule has 0 radical (unpaired) electrons. The van der Waals surface area contributed by atoms with Crippen LogP contribution in [-0.2, 0) is 5.41 Å². The van der Waals surface area contributed by atoms with E-state index in [0.29, 0.717) is 0 Å². The fourth-order valence-corrected chi connectivity index (χ4v) is 3.10.